The van der Waals surface area contributed by atoms with E-state index in [0.29, 0.717) is 30.3 Å². The molecule has 1 saturated heterocycles. The number of benzene rings is 1. The van der Waals surface area contributed by atoms with Crippen molar-refractivity contribution in [2.24, 2.45) is 0 Å². The molecule has 4 rings (SSSR count). The molecule has 0 radical (unpaired) electrons. The zero-order valence-electron chi connectivity index (χ0n) is 14.4. The van der Waals surface area contributed by atoms with Crippen molar-refractivity contribution in [2.75, 3.05) is 26.7 Å². The fourth-order valence-electron chi connectivity index (χ4n) is 3.52. The van der Waals surface area contributed by atoms with Gasteiger partial charge in [-0.25, -0.2) is 9.97 Å². The van der Waals surface area contributed by atoms with Crippen LogP contribution in [0.1, 0.15) is 39.8 Å². The summed E-state index contributed by atoms with van der Waals surface area (Å²) in [5.74, 6) is 2.08. The zero-order valence-corrected chi connectivity index (χ0v) is 14.4. The number of hydrogen-bond donors (Lipinski definition) is 1. The molecule has 1 atom stereocenters. The van der Waals surface area contributed by atoms with Crippen molar-refractivity contribution in [1.82, 2.24) is 20.2 Å². The largest absolute Gasteiger partial charge is 0.497 e. The SMILES string of the molecule is COc1cccc(C(=O)N2CCc3nc([C@@H]4CCNC4)ncc3C2)c1. The number of aromatic nitrogens is 2. The monoisotopic (exact) mass is 338 g/mol. The van der Waals surface area contributed by atoms with Crippen molar-refractivity contribution in [3.05, 3.63) is 53.1 Å². The van der Waals surface area contributed by atoms with E-state index >= 15 is 0 Å². The molecule has 130 valence electrons. The van der Waals surface area contributed by atoms with E-state index in [9.17, 15) is 4.79 Å². The summed E-state index contributed by atoms with van der Waals surface area (Å²) in [6.45, 7) is 3.24. The quantitative estimate of drug-likeness (QED) is 0.924. The Morgan fingerprint density at radius 3 is 3.12 bits per heavy atom. The van der Waals surface area contributed by atoms with E-state index in [1.165, 1.54) is 0 Å². The fraction of sp³-hybridized carbons (Fsp3) is 0.421. The number of hydrogen-bond acceptors (Lipinski definition) is 5. The molecule has 0 aliphatic carbocycles. The van der Waals surface area contributed by atoms with Gasteiger partial charge < -0.3 is 15.0 Å². The maximum Gasteiger partial charge on any atom is 0.254 e. The van der Waals surface area contributed by atoms with Crippen molar-refractivity contribution in [2.45, 2.75) is 25.3 Å². The average molecular weight is 338 g/mol. The maximum absolute atomic E-state index is 12.8. The topological polar surface area (TPSA) is 67.3 Å². The first-order valence-electron chi connectivity index (χ1n) is 8.73. The van der Waals surface area contributed by atoms with Crippen molar-refractivity contribution in [1.29, 1.82) is 0 Å². The molecule has 1 aromatic carbocycles. The Kier molecular flexibility index (Phi) is 4.36. The van der Waals surface area contributed by atoms with Crippen LogP contribution in [0.25, 0.3) is 0 Å². The molecule has 0 bridgehead atoms. The van der Waals surface area contributed by atoms with Crippen LogP contribution >= 0.6 is 0 Å². The van der Waals surface area contributed by atoms with Gasteiger partial charge in [0.2, 0.25) is 0 Å². The summed E-state index contributed by atoms with van der Waals surface area (Å²) in [4.78, 5) is 24.0. The molecular formula is C19H22N4O2. The van der Waals surface area contributed by atoms with Crippen LogP contribution in [0, 0.1) is 0 Å². The number of methoxy groups -OCH3 is 1. The standard InChI is InChI=1S/C19H22N4O2/c1-25-16-4-2-3-13(9-16)19(24)23-8-6-17-15(12-23)11-21-18(22-17)14-5-7-20-10-14/h2-4,9,11,14,20H,5-8,10,12H2,1H3/t14-/m1/s1. The number of amides is 1. The molecule has 1 aromatic heterocycles. The molecule has 3 heterocycles. The van der Waals surface area contributed by atoms with E-state index in [1.54, 1.807) is 13.2 Å². The minimum Gasteiger partial charge on any atom is -0.497 e. The lowest BCUT2D eigenvalue weighted by atomic mass is 10.0. The van der Waals surface area contributed by atoms with Crippen LogP contribution in [0.2, 0.25) is 0 Å². The highest BCUT2D eigenvalue weighted by atomic mass is 16.5. The number of nitrogens with zero attached hydrogens (tertiary/aromatic N) is 3. The first-order chi connectivity index (χ1) is 12.2. The minimum absolute atomic E-state index is 0.0219. The summed E-state index contributed by atoms with van der Waals surface area (Å²) in [7, 11) is 1.61. The van der Waals surface area contributed by atoms with Crippen LogP contribution in [0.3, 0.4) is 0 Å². The smallest absolute Gasteiger partial charge is 0.254 e. The van der Waals surface area contributed by atoms with Gasteiger partial charge >= 0.3 is 0 Å². The van der Waals surface area contributed by atoms with E-state index in [-0.39, 0.29) is 5.91 Å². The third kappa shape index (κ3) is 3.22. The van der Waals surface area contributed by atoms with Gasteiger partial charge in [-0.2, -0.15) is 0 Å². The van der Waals surface area contributed by atoms with Crippen molar-refractivity contribution in [3.63, 3.8) is 0 Å². The fourth-order valence-corrected chi connectivity index (χ4v) is 3.52. The first kappa shape index (κ1) is 16.0. The van der Waals surface area contributed by atoms with Crippen LogP contribution < -0.4 is 10.1 Å². The van der Waals surface area contributed by atoms with Crippen molar-refractivity contribution in [3.8, 4) is 5.75 Å². The van der Waals surface area contributed by atoms with E-state index in [0.717, 1.165) is 43.0 Å². The van der Waals surface area contributed by atoms with Gasteiger partial charge in [-0.1, -0.05) is 6.07 Å². The van der Waals surface area contributed by atoms with E-state index < -0.39 is 0 Å². The van der Waals surface area contributed by atoms with Crippen LogP contribution in [0.5, 0.6) is 5.75 Å². The van der Waals surface area contributed by atoms with Gasteiger partial charge in [-0.15, -0.1) is 0 Å². The molecule has 6 heteroatoms. The molecule has 0 unspecified atom stereocenters. The number of rotatable bonds is 3. The number of carbonyl (C=O) groups excluding carboxylic acids is 1. The molecule has 1 amide bonds. The summed E-state index contributed by atoms with van der Waals surface area (Å²) < 4.78 is 5.21. The maximum atomic E-state index is 12.8. The van der Waals surface area contributed by atoms with Crippen molar-refractivity contribution >= 4 is 5.91 Å². The Bertz CT molecular complexity index is 787. The Hall–Kier alpha value is -2.47. The predicted octanol–water partition coefficient (Wildman–Crippen LogP) is 1.76. The molecule has 25 heavy (non-hydrogen) atoms. The number of fused-ring (bicyclic) bond motifs is 1. The summed E-state index contributed by atoms with van der Waals surface area (Å²) in [6, 6.07) is 7.29. The Balaban J connectivity index is 1.51. The highest BCUT2D eigenvalue weighted by Gasteiger charge is 2.25. The minimum atomic E-state index is 0.0219. The molecule has 0 saturated carbocycles. The van der Waals surface area contributed by atoms with Gasteiger partial charge in [0.25, 0.3) is 5.91 Å². The summed E-state index contributed by atoms with van der Waals surface area (Å²) >= 11 is 0. The van der Waals surface area contributed by atoms with Crippen LogP contribution in [0.15, 0.2) is 30.5 Å². The normalized spacial score (nSPS) is 19.6. The molecule has 2 aliphatic heterocycles. The second-order valence-corrected chi connectivity index (χ2v) is 6.60. The molecule has 1 fully saturated rings. The van der Waals surface area contributed by atoms with Gasteiger partial charge in [-0.3, -0.25) is 4.79 Å². The van der Waals surface area contributed by atoms with Crippen LogP contribution in [-0.4, -0.2) is 47.5 Å². The Morgan fingerprint density at radius 2 is 2.32 bits per heavy atom. The van der Waals surface area contributed by atoms with Crippen molar-refractivity contribution < 1.29 is 9.53 Å². The Labute approximate surface area is 147 Å². The highest BCUT2D eigenvalue weighted by molar-refractivity contribution is 5.94. The molecule has 0 spiro atoms. The summed E-state index contributed by atoms with van der Waals surface area (Å²) in [6.07, 6.45) is 3.78. The van der Waals surface area contributed by atoms with Gasteiger partial charge in [0, 0.05) is 49.3 Å². The molecule has 2 aromatic rings. The van der Waals surface area contributed by atoms with Crippen LogP contribution in [0.4, 0.5) is 0 Å². The number of nitrogens with one attached hydrogen (secondary N) is 1. The van der Waals surface area contributed by atoms with E-state index in [1.807, 2.05) is 29.3 Å². The average Bonchev–Trinajstić information content (AvgIpc) is 3.21. The van der Waals surface area contributed by atoms with Gasteiger partial charge in [-0.05, 0) is 31.2 Å². The Morgan fingerprint density at radius 1 is 1.40 bits per heavy atom. The molecule has 2 aliphatic rings. The lowest BCUT2D eigenvalue weighted by molar-refractivity contribution is 0.0732. The van der Waals surface area contributed by atoms with E-state index in [4.69, 9.17) is 9.72 Å². The molecule has 1 N–H and O–H groups in total. The second kappa shape index (κ2) is 6.80. The summed E-state index contributed by atoms with van der Waals surface area (Å²) in [5.41, 5.74) is 2.79. The van der Waals surface area contributed by atoms with Gasteiger partial charge in [0.15, 0.2) is 0 Å². The highest BCUT2D eigenvalue weighted by Crippen LogP contribution is 2.24. The lowest BCUT2D eigenvalue weighted by Gasteiger charge is -2.28. The molecular weight excluding hydrogens is 316 g/mol. The summed E-state index contributed by atoms with van der Waals surface area (Å²) in [5, 5.41) is 3.36. The third-order valence-electron chi connectivity index (χ3n) is 4.98. The first-order valence-corrected chi connectivity index (χ1v) is 8.73. The second-order valence-electron chi connectivity index (χ2n) is 6.60. The van der Waals surface area contributed by atoms with Crippen LogP contribution in [-0.2, 0) is 13.0 Å². The lowest BCUT2D eigenvalue weighted by Crippen LogP contribution is -2.36. The van der Waals surface area contributed by atoms with E-state index in [2.05, 4.69) is 10.3 Å². The number of ether oxygens (including phenoxy) is 1. The number of carbonyl (C=O) groups is 1. The predicted molar refractivity (Wildman–Crippen MR) is 93.7 cm³/mol. The molecule has 6 nitrogen and oxygen atoms in total. The van der Waals surface area contributed by atoms with Gasteiger partial charge in [0.1, 0.15) is 11.6 Å². The van der Waals surface area contributed by atoms with Gasteiger partial charge in [0.05, 0.1) is 12.8 Å². The third-order valence-corrected chi connectivity index (χ3v) is 4.98. The zero-order chi connectivity index (χ0) is 17.2.